The average molecular weight is 455 g/mol. The monoisotopic (exact) mass is 454 g/mol. The zero-order valence-electron chi connectivity index (χ0n) is 17.1. The number of rotatable bonds is 8. The van der Waals surface area contributed by atoms with Crippen LogP contribution >= 0.6 is 23.3 Å². The Kier molecular flexibility index (Phi) is 6.80. The van der Waals surface area contributed by atoms with Gasteiger partial charge in [0, 0.05) is 35.2 Å². The van der Waals surface area contributed by atoms with Crippen molar-refractivity contribution in [3.8, 4) is 11.5 Å². The lowest BCUT2D eigenvalue weighted by atomic mass is 10.2. The van der Waals surface area contributed by atoms with Crippen LogP contribution in [-0.2, 0) is 6.42 Å². The van der Waals surface area contributed by atoms with Crippen LogP contribution in [0.15, 0.2) is 53.8 Å². The normalized spacial score (nSPS) is 15.0. The third kappa shape index (κ3) is 5.40. The first kappa shape index (κ1) is 21.3. The summed E-state index contributed by atoms with van der Waals surface area (Å²) in [4.78, 5) is 14.3. The molecule has 1 aliphatic rings. The fraction of sp³-hybridized carbons (Fsp3) is 0.238. The van der Waals surface area contributed by atoms with Gasteiger partial charge in [0.25, 0.3) is 0 Å². The number of anilines is 2. The summed E-state index contributed by atoms with van der Waals surface area (Å²) in [5, 5.41) is 16.3. The number of hydrogen-bond donors (Lipinski definition) is 3. The van der Waals surface area contributed by atoms with Gasteiger partial charge in [0.1, 0.15) is 5.82 Å². The Morgan fingerprint density at radius 3 is 2.97 bits per heavy atom. The summed E-state index contributed by atoms with van der Waals surface area (Å²) in [6.45, 7) is 3.90. The molecule has 4 heterocycles. The maximum Gasteiger partial charge on any atom is 0.208 e. The molecule has 1 unspecified atom stereocenters. The second-order valence-corrected chi connectivity index (χ2v) is 8.69. The highest BCUT2D eigenvalue weighted by Crippen LogP contribution is 2.36. The molecule has 0 amide bonds. The highest BCUT2D eigenvalue weighted by molar-refractivity contribution is 8.00. The van der Waals surface area contributed by atoms with Gasteiger partial charge >= 0.3 is 0 Å². The van der Waals surface area contributed by atoms with E-state index in [-0.39, 0.29) is 12.0 Å². The molecule has 160 valence electrons. The summed E-state index contributed by atoms with van der Waals surface area (Å²) in [7, 11) is 0. The highest BCUT2D eigenvalue weighted by Gasteiger charge is 2.16. The molecule has 0 radical (unpaired) electrons. The lowest BCUT2D eigenvalue weighted by molar-refractivity contribution is 0.297. The van der Waals surface area contributed by atoms with Crippen molar-refractivity contribution in [2.24, 2.45) is 0 Å². The molecule has 0 aliphatic carbocycles. The van der Waals surface area contributed by atoms with Crippen LogP contribution in [-0.4, -0.2) is 36.4 Å². The third-order valence-electron chi connectivity index (χ3n) is 4.36. The zero-order valence-corrected chi connectivity index (χ0v) is 18.7. The van der Waals surface area contributed by atoms with Crippen LogP contribution < -0.4 is 15.4 Å². The van der Waals surface area contributed by atoms with Gasteiger partial charge in [-0.3, -0.25) is 4.98 Å². The van der Waals surface area contributed by atoms with E-state index in [2.05, 4.69) is 36.0 Å². The molecule has 0 aromatic carbocycles. The van der Waals surface area contributed by atoms with Crippen molar-refractivity contribution in [2.75, 3.05) is 11.9 Å². The molecule has 4 rings (SSSR count). The number of thioether (sulfide) groups is 1. The molecule has 0 spiro atoms. The predicted molar refractivity (Wildman–Crippen MR) is 123 cm³/mol. The van der Waals surface area contributed by atoms with E-state index in [1.54, 1.807) is 24.2 Å². The molecule has 10 heteroatoms. The highest BCUT2D eigenvalue weighted by atomic mass is 32.2. The molecule has 0 bridgehead atoms. The molecule has 1 aliphatic heterocycles. The van der Waals surface area contributed by atoms with Gasteiger partial charge in [-0.2, -0.15) is 4.37 Å². The van der Waals surface area contributed by atoms with Crippen molar-refractivity contribution in [1.29, 1.82) is 0 Å². The minimum absolute atomic E-state index is 0.00705. The topological polar surface area (TPSA) is 105 Å². The average Bonchev–Trinajstić information content (AvgIpc) is 3.20. The molecule has 0 fully saturated rings. The standard InChI is InChI=1S/C21H22N6O2S2/c1-13-6-9-22-14(2)19(13)29-16-11-15(30-18-5-3-4-8-23-18)12-24-20(16)26-21-25-17(7-10-28)27-31-21/h3-6,8-9,11-12,18,23,28H,7,10H2,1-2H3,(H,24,25,26,27). The maximum atomic E-state index is 9.09. The Bertz CT molecular complexity index is 1090. The largest absolute Gasteiger partial charge is 0.451 e. The van der Waals surface area contributed by atoms with Gasteiger partial charge < -0.3 is 20.5 Å². The van der Waals surface area contributed by atoms with Crippen molar-refractivity contribution in [2.45, 2.75) is 30.5 Å². The summed E-state index contributed by atoms with van der Waals surface area (Å²) in [5.41, 5.74) is 1.78. The number of ether oxygens (including phenoxy) is 1. The summed E-state index contributed by atoms with van der Waals surface area (Å²) in [5.74, 6) is 2.39. The first-order valence-electron chi connectivity index (χ1n) is 9.69. The van der Waals surface area contributed by atoms with Gasteiger partial charge in [0.15, 0.2) is 17.3 Å². The molecule has 0 saturated carbocycles. The van der Waals surface area contributed by atoms with E-state index in [4.69, 9.17) is 9.84 Å². The number of nitrogens with zero attached hydrogens (tertiary/aromatic N) is 4. The number of nitrogens with one attached hydrogen (secondary N) is 2. The van der Waals surface area contributed by atoms with E-state index < -0.39 is 0 Å². The quantitative estimate of drug-likeness (QED) is 0.464. The van der Waals surface area contributed by atoms with E-state index >= 15 is 0 Å². The summed E-state index contributed by atoms with van der Waals surface area (Å²) < 4.78 is 10.5. The van der Waals surface area contributed by atoms with Gasteiger partial charge in [-0.25, -0.2) is 9.97 Å². The minimum atomic E-state index is 0.00705. The van der Waals surface area contributed by atoms with E-state index in [1.807, 2.05) is 44.3 Å². The predicted octanol–water partition coefficient (Wildman–Crippen LogP) is 4.11. The number of aliphatic hydroxyl groups is 1. The Morgan fingerprint density at radius 2 is 2.19 bits per heavy atom. The molecule has 8 nitrogen and oxygen atoms in total. The fourth-order valence-electron chi connectivity index (χ4n) is 2.86. The second kappa shape index (κ2) is 9.90. The number of hydrogen-bond acceptors (Lipinski definition) is 10. The van der Waals surface area contributed by atoms with Crippen LogP contribution in [0.5, 0.6) is 11.5 Å². The number of dihydropyridines is 1. The first-order chi connectivity index (χ1) is 15.1. The van der Waals surface area contributed by atoms with E-state index in [0.717, 1.165) is 16.2 Å². The Labute approximate surface area is 188 Å². The number of pyridine rings is 2. The Morgan fingerprint density at radius 1 is 1.29 bits per heavy atom. The summed E-state index contributed by atoms with van der Waals surface area (Å²) >= 11 is 2.85. The van der Waals surface area contributed by atoms with Gasteiger partial charge in [0.2, 0.25) is 5.13 Å². The van der Waals surface area contributed by atoms with Gasteiger partial charge in [-0.1, -0.05) is 23.9 Å². The van der Waals surface area contributed by atoms with Crippen molar-refractivity contribution in [3.05, 3.63) is 66.0 Å². The lowest BCUT2D eigenvalue weighted by Crippen LogP contribution is -2.19. The third-order valence-corrected chi connectivity index (χ3v) is 6.08. The SMILES string of the molecule is Cc1ccnc(C)c1Oc1cc(SC2C=CC=CN2)cnc1Nc1nc(CCO)ns1. The maximum absolute atomic E-state index is 9.09. The second-order valence-electron chi connectivity index (χ2n) is 6.73. The van der Waals surface area contributed by atoms with Crippen LogP contribution in [0.25, 0.3) is 0 Å². The smallest absolute Gasteiger partial charge is 0.208 e. The minimum Gasteiger partial charge on any atom is -0.451 e. The summed E-state index contributed by atoms with van der Waals surface area (Å²) in [6, 6.07) is 3.87. The molecule has 3 N–H and O–H groups in total. The first-order valence-corrected chi connectivity index (χ1v) is 11.3. The number of aliphatic hydroxyl groups excluding tert-OH is 1. The van der Waals surface area contributed by atoms with Gasteiger partial charge in [-0.15, -0.1) is 0 Å². The molecule has 3 aromatic heterocycles. The van der Waals surface area contributed by atoms with Crippen LogP contribution in [0, 0.1) is 13.8 Å². The zero-order chi connectivity index (χ0) is 21.6. The van der Waals surface area contributed by atoms with Crippen LogP contribution in [0.1, 0.15) is 17.1 Å². The van der Waals surface area contributed by atoms with Crippen LogP contribution in [0.3, 0.4) is 0 Å². The molecular weight excluding hydrogens is 432 g/mol. The van der Waals surface area contributed by atoms with E-state index in [1.165, 1.54) is 11.5 Å². The molecule has 31 heavy (non-hydrogen) atoms. The van der Waals surface area contributed by atoms with Crippen molar-refractivity contribution >= 4 is 34.2 Å². The van der Waals surface area contributed by atoms with Crippen LogP contribution in [0.2, 0.25) is 0 Å². The van der Waals surface area contributed by atoms with E-state index in [9.17, 15) is 0 Å². The Hall–Kier alpha value is -2.95. The number of allylic oxidation sites excluding steroid dienone is 2. The van der Waals surface area contributed by atoms with Crippen molar-refractivity contribution < 1.29 is 9.84 Å². The van der Waals surface area contributed by atoms with Crippen molar-refractivity contribution in [3.63, 3.8) is 0 Å². The molecule has 3 aromatic rings. The van der Waals surface area contributed by atoms with Crippen LogP contribution in [0.4, 0.5) is 10.9 Å². The number of aromatic nitrogens is 4. The van der Waals surface area contributed by atoms with Crippen molar-refractivity contribution in [1.82, 2.24) is 24.6 Å². The summed E-state index contributed by atoms with van der Waals surface area (Å²) in [6.07, 6.45) is 11.9. The van der Waals surface area contributed by atoms with Gasteiger partial charge in [0.05, 0.1) is 17.7 Å². The van der Waals surface area contributed by atoms with E-state index in [0.29, 0.717) is 34.7 Å². The Balaban J connectivity index is 1.63. The molecular formula is C21H22N6O2S2. The molecule has 1 atom stereocenters. The fourth-order valence-corrected chi connectivity index (χ4v) is 4.37. The lowest BCUT2D eigenvalue weighted by Gasteiger charge is -2.17. The van der Waals surface area contributed by atoms with Gasteiger partial charge in [-0.05, 0) is 43.8 Å². The number of aryl methyl sites for hydroxylation is 2. The molecule has 0 saturated heterocycles.